The molecule has 1 unspecified atom stereocenters. The molecular formula is C21H25NO4. The van der Waals surface area contributed by atoms with E-state index < -0.39 is 0 Å². The van der Waals surface area contributed by atoms with Crippen LogP contribution in [0.25, 0.3) is 0 Å². The van der Waals surface area contributed by atoms with E-state index in [4.69, 9.17) is 9.47 Å². The van der Waals surface area contributed by atoms with Crippen LogP contribution in [0.4, 0.5) is 5.69 Å². The van der Waals surface area contributed by atoms with Crippen LogP contribution in [0.5, 0.6) is 11.5 Å². The second-order valence-corrected chi connectivity index (χ2v) is 6.46. The van der Waals surface area contributed by atoms with Gasteiger partial charge < -0.3 is 14.8 Å². The fourth-order valence-electron chi connectivity index (χ4n) is 2.92. The van der Waals surface area contributed by atoms with Gasteiger partial charge in [0.15, 0.2) is 17.3 Å². The fourth-order valence-corrected chi connectivity index (χ4v) is 2.92. The predicted octanol–water partition coefficient (Wildman–Crippen LogP) is 4.28. The maximum Gasteiger partial charge on any atom is 0.232 e. The number of amides is 1. The summed E-state index contributed by atoms with van der Waals surface area (Å²) < 4.78 is 10.6. The van der Waals surface area contributed by atoms with Crippen LogP contribution in [0.1, 0.15) is 42.6 Å². The maximum atomic E-state index is 12.9. The SMILES string of the molecule is COc1ccc(C(C(=O)Nc2cccc(C(C)=O)c2)C(C)C)cc1OC. The molecule has 0 aliphatic rings. The van der Waals surface area contributed by atoms with Crippen LogP contribution in [-0.2, 0) is 4.79 Å². The summed E-state index contributed by atoms with van der Waals surface area (Å²) in [5, 5.41) is 2.92. The van der Waals surface area contributed by atoms with Crippen LogP contribution in [-0.4, -0.2) is 25.9 Å². The van der Waals surface area contributed by atoms with Gasteiger partial charge in [-0.2, -0.15) is 0 Å². The van der Waals surface area contributed by atoms with E-state index in [0.717, 1.165) is 5.56 Å². The van der Waals surface area contributed by atoms with Gasteiger partial charge in [0.25, 0.3) is 0 Å². The Kier molecular flexibility index (Phi) is 6.39. The summed E-state index contributed by atoms with van der Waals surface area (Å²) in [5.41, 5.74) is 2.02. The number of hydrogen-bond acceptors (Lipinski definition) is 4. The Labute approximate surface area is 154 Å². The number of carbonyl (C=O) groups is 2. The number of carbonyl (C=O) groups excluding carboxylic acids is 2. The molecule has 0 aromatic heterocycles. The Hall–Kier alpha value is -2.82. The highest BCUT2D eigenvalue weighted by Crippen LogP contribution is 2.34. The van der Waals surface area contributed by atoms with Crippen LogP contribution in [0.15, 0.2) is 42.5 Å². The maximum absolute atomic E-state index is 12.9. The minimum Gasteiger partial charge on any atom is -0.493 e. The highest BCUT2D eigenvalue weighted by Gasteiger charge is 2.25. The Morgan fingerprint density at radius 2 is 1.65 bits per heavy atom. The first-order valence-corrected chi connectivity index (χ1v) is 8.51. The van der Waals surface area contributed by atoms with Crippen LogP contribution in [0.2, 0.25) is 0 Å². The van der Waals surface area contributed by atoms with Crippen LogP contribution in [0, 0.1) is 5.92 Å². The van der Waals surface area contributed by atoms with Gasteiger partial charge in [-0.1, -0.05) is 32.0 Å². The van der Waals surface area contributed by atoms with Crippen molar-refractivity contribution in [1.82, 2.24) is 0 Å². The molecule has 0 aliphatic heterocycles. The molecule has 0 spiro atoms. The first-order chi connectivity index (χ1) is 12.4. The quantitative estimate of drug-likeness (QED) is 0.753. The number of Topliss-reactive ketones (excluding diaryl/α,β-unsaturated/α-hetero) is 1. The van der Waals surface area contributed by atoms with Crippen LogP contribution < -0.4 is 14.8 Å². The zero-order valence-corrected chi connectivity index (χ0v) is 15.8. The van der Waals surface area contributed by atoms with Gasteiger partial charge in [0.05, 0.1) is 20.1 Å². The standard InChI is InChI=1S/C21H25NO4/c1-13(2)20(16-9-10-18(25-4)19(12-16)26-5)21(24)22-17-8-6-7-15(11-17)14(3)23/h6-13,20H,1-5H3,(H,22,24). The summed E-state index contributed by atoms with van der Waals surface area (Å²) in [6, 6.07) is 12.4. The minimum atomic E-state index is -0.365. The molecule has 0 heterocycles. The highest BCUT2D eigenvalue weighted by molar-refractivity contribution is 5.99. The average molecular weight is 355 g/mol. The van der Waals surface area contributed by atoms with Crippen LogP contribution >= 0.6 is 0 Å². The molecule has 0 fully saturated rings. The van der Waals surface area contributed by atoms with E-state index in [-0.39, 0.29) is 23.5 Å². The Morgan fingerprint density at radius 1 is 0.962 bits per heavy atom. The largest absolute Gasteiger partial charge is 0.493 e. The van der Waals surface area contributed by atoms with Crippen LogP contribution in [0.3, 0.4) is 0 Å². The van der Waals surface area contributed by atoms with E-state index in [1.165, 1.54) is 6.92 Å². The lowest BCUT2D eigenvalue weighted by Gasteiger charge is -2.22. The molecule has 0 bridgehead atoms. The van der Waals surface area contributed by atoms with Crippen molar-refractivity contribution < 1.29 is 19.1 Å². The summed E-state index contributed by atoms with van der Waals surface area (Å²) in [4.78, 5) is 24.5. The molecule has 0 saturated heterocycles. The number of nitrogens with one attached hydrogen (secondary N) is 1. The monoisotopic (exact) mass is 355 g/mol. The first-order valence-electron chi connectivity index (χ1n) is 8.51. The molecule has 1 atom stereocenters. The summed E-state index contributed by atoms with van der Waals surface area (Å²) in [6.45, 7) is 5.49. The lowest BCUT2D eigenvalue weighted by Crippen LogP contribution is -2.25. The number of anilines is 1. The molecule has 5 nitrogen and oxygen atoms in total. The number of rotatable bonds is 7. The number of ketones is 1. The van der Waals surface area contributed by atoms with Crippen molar-refractivity contribution >= 4 is 17.4 Å². The normalized spacial score (nSPS) is 11.8. The van der Waals surface area contributed by atoms with E-state index >= 15 is 0 Å². The minimum absolute atomic E-state index is 0.0404. The summed E-state index contributed by atoms with van der Waals surface area (Å²) in [6.07, 6.45) is 0. The van der Waals surface area contributed by atoms with Crippen molar-refractivity contribution in [2.45, 2.75) is 26.7 Å². The first kappa shape index (κ1) is 19.5. The third-order valence-corrected chi connectivity index (χ3v) is 4.25. The Morgan fingerprint density at radius 3 is 2.23 bits per heavy atom. The fraction of sp³-hybridized carbons (Fsp3) is 0.333. The molecule has 26 heavy (non-hydrogen) atoms. The van der Waals surface area contributed by atoms with E-state index in [1.54, 1.807) is 44.6 Å². The number of methoxy groups -OCH3 is 2. The Bertz CT molecular complexity index is 798. The van der Waals surface area contributed by atoms with Crippen molar-refractivity contribution in [3.05, 3.63) is 53.6 Å². The summed E-state index contributed by atoms with van der Waals surface area (Å²) in [5.74, 6) is 0.740. The molecule has 1 N–H and O–H groups in total. The van der Waals surface area contributed by atoms with Gasteiger partial charge in [0, 0.05) is 11.3 Å². The van der Waals surface area contributed by atoms with Crippen molar-refractivity contribution in [3.63, 3.8) is 0 Å². The van der Waals surface area contributed by atoms with E-state index in [2.05, 4.69) is 5.32 Å². The van der Waals surface area contributed by atoms with Gasteiger partial charge in [-0.15, -0.1) is 0 Å². The summed E-state index contributed by atoms with van der Waals surface area (Å²) >= 11 is 0. The van der Waals surface area contributed by atoms with Gasteiger partial charge in [-0.25, -0.2) is 0 Å². The molecule has 0 saturated carbocycles. The van der Waals surface area contributed by atoms with Gasteiger partial charge in [0.1, 0.15) is 0 Å². The van der Waals surface area contributed by atoms with E-state index in [1.807, 2.05) is 26.0 Å². The highest BCUT2D eigenvalue weighted by atomic mass is 16.5. The number of benzene rings is 2. The second kappa shape index (κ2) is 8.52. The topological polar surface area (TPSA) is 64.6 Å². The van der Waals surface area contributed by atoms with Crippen molar-refractivity contribution in [1.29, 1.82) is 0 Å². The predicted molar refractivity (Wildman–Crippen MR) is 102 cm³/mol. The van der Waals surface area contributed by atoms with Gasteiger partial charge in [-0.05, 0) is 42.7 Å². The smallest absolute Gasteiger partial charge is 0.232 e. The van der Waals surface area contributed by atoms with Gasteiger partial charge in [-0.3, -0.25) is 9.59 Å². The molecule has 5 heteroatoms. The second-order valence-electron chi connectivity index (χ2n) is 6.46. The molecule has 138 valence electrons. The number of ether oxygens (including phenoxy) is 2. The number of hydrogen-bond donors (Lipinski definition) is 1. The van der Waals surface area contributed by atoms with E-state index in [0.29, 0.717) is 22.7 Å². The third-order valence-electron chi connectivity index (χ3n) is 4.25. The average Bonchev–Trinajstić information content (AvgIpc) is 2.61. The molecule has 2 aromatic carbocycles. The summed E-state index contributed by atoms with van der Waals surface area (Å²) in [7, 11) is 3.14. The molecular weight excluding hydrogens is 330 g/mol. The molecule has 2 rings (SSSR count). The zero-order valence-electron chi connectivity index (χ0n) is 15.8. The lowest BCUT2D eigenvalue weighted by atomic mass is 9.87. The Balaban J connectivity index is 2.31. The van der Waals surface area contributed by atoms with Crippen molar-refractivity contribution in [3.8, 4) is 11.5 Å². The molecule has 1 amide bonds. The van der Waals surface area contributed by atoms with Gasteiger partial charge in [0.2, 0.25) is 5.91 Å². The van der Waals surface area contributed by atoms with Crippen molar-refractivity contribution in [2.24, 2.45) is 5.92 Å². The molecule has 0 aliphatic carbocycles. The van der Waals surface area contributed by atoms with Crippen molar-refractivity contribution in [2.75, 3.05) is 19.5 Å². The molecule has 2 aromatic rings. The van der Waals surface area contributed by atoms with E-state index in [9.17, 15) is 9.59 Å². The van der Waals surface area contributed by atoms with Gasteiger partial charge >= 0.3 is 0 Å². The third kappa shape index (κ3) is 4.42. The zero-order chi connectivity index (χ0) is 19.3. The lowest BCUT2D eigenvalue weighted by molar-refractivity contribution is -0.118. The molecule has 0 radical (unpaired) electrons.